The summed E-state index contributed by atoms with van der Waals surface area (Å²) in [5.41, 5.74) is 1.67. The Bertz CT molecular complexity index is 862. The van der Waals surface area contributed by atoms with Crippen LogP contribution >= 0.6 is 0 Å². The predicted octanol–water partition coefficient (Wildman–Crippen LogP) is 1.84. The Kier molecular flexibility index (Phi) is 5.95. The second-order valence-corrected chi connectivity index (χ2v) is 8.99. The second kappa shape index (κ2) is 8.08. The zero-order chi connectivity index (χ0) is 20.5. The highest BCUT2D eigenvalue weighted by Gasteiger charge is 2.34. The van der Waals surface area contributed by atoms with Crippen molar-refractivity contribution < 1.29 is 22.7 Å². The van der Waals surface area contributed by atoms with E-state index in [4.69, 9.17) is 4.74 Å². The zero-order valence-corrected chi connectivity index (χ0v) is 17.4. The molecule has 1 saturated heterocycles. The second-order valence-electron chi connectivity index (χ2n) is 7.05. The van der Waals surface area contributed by atoms with Gasteiger partial charge in [-0.1, -0.05) is 6.92 Å². The lowest BCUT2D eigenvalue weighted by Gasteiger charge is -2.33. The van der Waals surface area contributed by atoms with E-state index in [0.717, 1.165) is 11.3 Å². The van der Waals surface area contributed by atoms with Crippen molar-refractivity contribution in [3.8, 4) is 0 Å². The third-order valence-electron chi connectivity index (χ3n) is 5.24. The third kappa shape index (κ3) is 3.73. The summed E-state index contributed by atoms with van der Waals surface area (Å²) in [5.74, 6) is 0.0388. The van der Waals surface area contributed by atoms with Crippen molar-refractivity contribution >= 4 is 27.7 Å². The van der Waals surface area contributed by atoms with Crippen LogP contribution < -0.4 is 4.90 Å². The lowest BCUT2D eigenvalue weighted by Crippen LogP contribution is -2.50. The fourth-order valence-corrected chi connectivity index (χ4v) is 5.27. The van der Waals surface area contributed by atoms with Crippen LogP contribution in [0, 0.1) is 0 Å². The smallest absolute Gasteiger partial charge is 0.409 e. The number of sulfonamides is 1. The monoisotopic (exact) mass is 409 g/mol. The molecule has 9 heteroatoms. The van der Waals surface area contributed by atoms with Crippen molar-refractivity contribution in [2.24, 2.45) is 0 Å². The van der Waals surface area contributed by atoms with Crippen LogP contribution in [0.15, 0.2) is 23.1 Å². The van der Waals surface area contributed by atoms with E-state index in [9.17, 15) is 18.0 Å². The average molecular weight is 410 g/mol. The Labute approximate surface area is 166 Å². The van der Waals surface area contributed by atoms with Crippen molar-refractivity contribution in [1.82, 2.24) is 9.21 Å². The summed E-state index contributed by atoms with van der Waals surface area (Å²) in [5, 5.41) is 0. The lowest BCUT2D eigenvalue weighted by atomic mass is 10.1. The van der Waals surface area contributed by atoms with Crippen LogP contribution in [0.5, 0.6) is 0 Å². The molecule has 0 aliphatic carbocycles. The Hall–Kier alpha value is -2.13. The molecule has 2 aliphatic rings. The summed E-state index contributed by atoms with van der Waals surface area (Å²) in [6, 6.07) is 5.00. The van der Waals surface area contributed by atoms with E-state index in [0.29, 0.717) is 32.5 Å². The van der Waals surface area contributed by atoms with Crippen molar-refractivity contribution in [1.29, 1.82) is 0 Å². The fourth-order valence-electron chi connectivity index (χ4n) is 3.79. The molecule has 2 amide bonds. The van der Waals surface area contributed by atoms with E-state index in [-0.39, 0.29) is 29.9 Å². The molecule has 2 heterocycles. The first-order valence-corrected chi connectivity index (χ1v) is 11.1. The van der Waals surface area contributed by atoms with Gasteiger partial charge in [0.05, 0.1) is 11.5 Å². The fraction of sp³-hybridized carbons (Fsp3) is 0.579. The summed E-state index contributed by atoms with van der Waals surface area (Å²) in [4.78, 5) is 27.5. The minimum absolute atomic E-state index is 0.0218. The average Bonchev–Trinajstić information content (AvgIpc) is 3.02. The van der Waals surface area contributed by atoms with E-state index in [1.165, 1.54) is 9.21 Å². The number of hydrogen-bond donors (Lipinski definition) is 0. The van der Waals surface area contributed by atoms with Gasteiger partial charge in [0.1, 0.15) is 0 Å². The standard InChI is InChI=1S/C19H27N3O5S/c1-4-18(23)22-14(3)12-15-13-16(6-7-17(15)22)28(25,26)21-10-8-20(9-11-21)19(24)27-5-2/h6-7,13-14H,4-5,8-12H2,1-3H3. The number of piperazine rings is 1. The van der Waals surface area contributed by atoms with Crippen molar-refractivity contribution in [3.63, 3.8) is 0 Å². The molecule has 0 N–H and O–H groups in total. The Balaban J connectivity index is 1.77. The molecule has 1 unspecified atom stereocenters. The number of nitrogens with zero attached hydrogens (tertiary/aromatic N) is 3. The van der Waals surface area contributed by atoms with Gasteiger partial charge in [-0.2, -0.15) is 4.31 Å². The molecule has 1 fully saturated rings. The number of benzene rings is 1. The summed E-state index contributed by atoms with van der Waals surface area (Å²) >= 11 is 0. The maximum Gasteiger partial charge on any atom is 0.409 e. The number of carbonyl (C=O) groups is 2. The topological polar surface area (TPSA) is 87.2 Å². The molecule has 1 aromatic rings. The van der Waals surface area contributed by atoms with Crippen LogP contribution in [0.25, 0.3) is 0 Å². The summed E-state index contributed by atoms with van der Waals surface area (Å²) in [6.45, 7) is 6.89. The minimum Gasteiger partial charge on any atom is -0.450 e. The summed E-state index contributed by atoms with van der Waals surface area (Å²) in [6.07, 6.45) is 0.641. The van der Waals surface area contributed by atoms with Gasteiger partial charge in [-0.25, -0.2) is 13.2 Å². The first kappa shape index (κ1) is 20.6. The molecule has 1 aromatic carbocycles. The first-order chi connectivity index (χ1) is 13.3. The van der Waals surface area contributed by atoms with E-state index < -0.39 is 16.1 Å². The highest BCUT2D eigenvalue weighted by molar-refractivity contribution is 7.89. The molecular formula is C19H27N3O5S. The number of hydrogen-bond acceptors (Lipinski definition) is 5. The Morgan fingerprint density at radius 2 is 1.82 bits per heavy atom. The van der Waals surface area contributed by atoms with Gasteiger partial charge < -0.3 is 14.5 Å². The Morgan fingerprint density at radius 1 is 1.14 bits per heavy atom. The van der Waals surface area contributed by atoms with Crippen LogP contribution in [-0.4, -0.2) is 68.5 Å². The highest BCUT2D eigenvalue weighted by atomic mass is 32.2. The third-order valence-corrected chi connectivity index (χ3v) is 7.13. The first-order valence-electron chi connectivity index (χ1n) is 9.66. The molecule has 0 bridgehead atoms. The molecule has 0 saturated carbocycles. The highest BCUT2D eigenvalue weighted by Crippen LogP contribution is 2.35. The van der Waals surface area contributed by atoms with E-state index in [2.05, 4.69) is 0 Å². The van der Waals surface area contributed by atoms with E-state index in [1.54, 1.807) is 30.0 Å². The van der Waals surface area contributed by atoms with Gasteiger partial charge in [0.25, 0.3) is 0 Å². The molecule has 3 rings (SSSR count). The number of carbonyl (C=O) groups excluding carboxylic acids is 2. The normalized spacial score (nSPS) is 20.2. The number of ether oxygens (including phenoxy) is 1. The van der Waals surface area contributed by atoms with Gasteiger partial charge in [-0.15, -0.1) is 0 Å². The molecule has 8 nitrogen and oxygen atoms in total. The van der Waals surface area contributed by atoms with Crippen LogP contribution in [0.3, 0.4) is 0 Å². The molecule has 154 valence electrons. The van der Waals surface area contributed by atoms with Crippen LogP contribution in [-0.2, 0) is 26.0 Å². The van der Waals surface area contributed by atoms with Gasteiger partial charge in [-0.05, 0) is 44.0 Å². The van der Waals surface area contributed by atoms with Crippen LogP contribution in [0.2, 0.25) is 0 Å². The molecular weight excluding hydrogens is 382 g/mol. The molecule has 1 atom stereocenters. The van der Waals surface area contributed by atoms with Crippen LogP contribution in [0.1, 0.15) is 32.8 Å². The number of fused-ring (bicyclic) bond motifs is 1. The SMILES string of the molecule is CCOC(=O)N1CCN(S(=O)(=O)c2ccc3c(c2)CC(C)N3C(=O)CC)CC1. The van der Waals surface area contributed by atoms with E-state index >= 15 is 0 Å². The number of anilines is 1. The van der Waals surface area contributed by atoms with Crippen LogP contribution in [0.4, 0.5) is 10.5 Å². The largest absolute Gasteiger partial charge is 0.450 e. The maximum absolute atomic E-state index is 13.1. The zero-order valence-electron chi connectivity index (χ0n) is 16.6. The number of rotatable bonds is 4. The molecule has 2 aliphatic heterocycles. The van der Waals surface area contributed by atoms with Gasteiger partial charge in [0.15, 0.2) is 0 Å². The van der Waals surface area contributed by atoms with Gasteiger partial charge >= 0.3 is 6.09 Å². The maximum atomic E-state index is 13.1. The molecule has 0 spiro atoms. The van der Waals surface area contributed by atoms with Gasteiger partial charge in [0.2, 0.25) is 15.9 Å². The van der Waals surface area contributed by atoms with Gasteiger partial charge in [-0.3, -0.25) is 4.79 Å². The van der Waals surface area contributed by atoms with E-state index in [1.807, 2.05) is 13.8 Å². The minimum atomic E-state index is -3.65. The van der Waals surface area contributed by atoms with Gasteiger partial charge in [0, 0.05) is 44.3 Å². The lowest BCUT2D eigenvalue weighted by molar-refractivity contribution is -0.118. The summed E-state index contributed by atoms with van der Waals surface area (Å²) in [7, 11) is -3.65. The molecule has 0 radical (unpaired) electrons. The Morgan fingerprint density at radius 3 is 2.43 bits per heavy atom. The molecule has 0 aromatic heterocycles. The van der Waals surface area contributed by atoms with Crippen molar-refractivity contribution in [3.05, 3.63) is 23.8 Å². The predicted molar refractivity (Wildman–Crippen MR) is 105 cm³/mol. The van der Waals surface area contributed by atoms with Crippen molar-refractivity contribution in [2.45, 2.75) is 44.6 Å². The number of amides is 2. The van der Waals surface area contributed by atoms with Crippen molar-refractivity contribution in [2.75, 3.05) is 37.7 Å². The summed E-state index contributed by atoms with van der Waals surface area (Å²) < 4.78 is 32.5. The quantitative estimate of drug-likeness (QED) is 0.757. The molecule has 28 heavy (non-hydrogen) atoms.